The maximum Gasteiger partial charge on any atom is 0.334 e. The molecule has 4 atom stereocenters. The van der Waals surface area contributed by atoms with Crippen LogP contribution < -0.4 is 0 Å². The van der Waals surface area contributed by atoms with Crippen molar-refractivity contribution in [3.8, 4) is 0 Å². The van der Waals surface area contributed by atoms with Crippen LogP contribution in [0, 0.1) is 22.7 Å². The molecular weight excluding hydrogens is 288 g/mol. The van der Waals surface area contributed by atoms with Crippen molar-refractivity contribution in [2.24, 2.45) is 22.7 Å². The highest BCUT2D eigenvalue weighted by molar-refractivity contribution is 5.92. The number of carbonyl (C=O) groups is 2. The summed E-state index contributed by atoms with van der Waals surface area (Å²) in [7, 11) is 0. The Morgan fingerprint density at radius 2 is 1.91 bits per heavy atom. The SMILES string of the molecule is CC1=C2C=C3CCC4C(C)(C)C(=O)CCC4(C)C3CC2OC1=O. The van der Waals surface area contributed by atoms with E-state index in [1.165, 1.54) is 5.57 Å². The van der Waals surface area contributed by atoms with Gasteiger partial charge >= 0.3 is 5.97 Å². The number of allylic oxidation sites excluding steroid dienone is 1. The molecular formula is C20H26O3. The highest BCUT2D eigenvalue weighted by atomic mass is 16.5. The fraction of sp³-hybridized carbons (Fsp3) is 0.700. The molecule has 3 nitrogen and oxygen atoms in total. The fourth-order valence-corrected chi connectivity index (χ4v) is 5.94. The van der Waals surface area contributed by atoms with Crippen LogP contribution in [-0.4, -0.2) is 17.9 Å². The average Bonchev–Trinajstić information content (AvgIpc) is 2.77. The summed E-state index contributed by atoms with van der Waals surface area (Å²) in [5.74, 6) is 1.15. The van der Waals surface area contributed by atoms with Gasteiger partial charge in [-0.25, -0.2) is 4.79 Å². The number of Topliss-reactive ketones (excluding diaryl/α,β-unsaturated/α-hetero) is 1. The molecule has 0 saturated heterocycles. The molecule has 124 valence electrons. The van der Waals surface area contributed by atoms with Crippen LogP contribution in [0.4, 0.5) is 0 Å². The van der Waals surface area contributed by atoms with Crippen LogP contribution >= 0.6 is 0 Å². The van der Waals surface area contributed by atoms with Gasteiger partial charge in [0.05, 0.1) is 0 Å². The summed E-state index contributed by atoms with van der Waals surface area (Å²) in [6, 6.07) is 0. The maximum atomic E-state index is 12.5. The molecule has 0 bridgehead atoms. The van der Waals surface area contributed by atoms with Crippen molar-refractivity contribution in [1.29, 1.82) is 0 Å². The Labute approximate surface area is 138 Å². The predicted octanol–water partition coefficient (Wildman–Crippen LogP) is 3.98. The highest BCUT2D eigenvalue weighted by Gasteiger charge is 2.57. The van der Waals surface area contributed by atoms with E-state index in [0.717, 1.165) is 36.8 Å². The first-order valence-electron chi connectivity index (χ1n) is 8.90. The minimum Gasteiger partial charge on any atom is -0.454 e. The molecule has 0 aromatic carbocycles. The number of rotatable bonds is 0. The van der Waals surface area contributed by atoms with Gasteiger partial charge in [-0.2, -0.15) is 0 Å². The predicted molar refractivity (Wildman–Crippen MR) is 87.6 cm³/mol. The van der Waals surface area contributed by atoms with Crippen LogP contribution in [0.25, 0.3) is 0 Å². The highest BCUT2D eigenvalue weighted by Crippen LogP contribution is 2.62. The molecule has 23 heavy (non-hydrogen) atoms. The monoisotopic (exact) mass is 314 g/mol. The van der Waals surface area contributed by atoms with Crippen molar-refractivity contribution in [1.82, 2.24) is 0 Å². The van der Waals surface area contributed by atoms with Crippen LogP contribution in [0.1, 0.15) is 59.8 Å². The molecule has 0 N–H and O–H groups in total. The van der Waals surface area contributed by atoms with Crippen LogP contribution in [0.3, 0.4) is 0 Å². The second-order valence-corrected chi connectivity index (χ2v) is 8.72. The van der Waals surface area contributed by atoms with E-state index in [1.54, 1.807) is 0 Å². The quantitative estimate of drug-likeness (QED) is 0.635. The third kappa shape index (κ3) is 1.88. The zero-order valence-electron chi connectivity index (χ0n) is 14.6. The van der Waals surface area contributed by atoms with E-state index >= 15 is 0 Å². The van der Waals surface area contributed by atoms with Gasteiger partial charge in [-0.3, -0.25) is 4.79 Å². The molecule has 0 radical (unpaired) electrons. The lowest BCUT2D eigenvalue weighted by atomic mass is 9.46. The second-order valence-electron chi connectivity index (χ2n) is 8.72. The summed E-state index contributed by atoms with van der Waals surface area (Å²) >= 11 is 0. The van der Waals surface area contributed by atoms with Crippen LogP contribution in [0.2, 0.25) is 0 Å². The van der Waals surface area contributed by atoms with Gasteiger partial charge in [0.1, 0.15) is 11.9 Å². The van der Waals surface area contributed by atoms with Gasteiger partial charge in [-0.05, 0) is 49.9 Å². The molecule has 0 aromatic heterocycles. The number of fused-ring (bicyclic) bond motifs is 4. The van der Waals surface area contributed by atoms with Gasteiger partial charge in [-0.1, -0.05) is 32.4 Å². The van der Waals surface area contributed by atoms with Crippen molar-refractivity contribution in [2.75, 3.05) is 0 Å². The summed E-state index contributed by atoms with van der Waals surface area (Å²) in [4.78, 5) is 24.4. The number of hydrogen-bond acceptors (Lipinski definition) is 3. The van der Waals surface area contributed by atoms with E-state index in [-0.39, 0.29) is 22.9 Å². The van der Waals surface area contributed by atoms with E-state index in [2.05, 4.69) is 26.8 Å². The van der Waals surface area contributed by atoms with Gasteiger partial charge < -0.3 is 4.74 Å². The Hall–Kier alpha value is -1.38. The molecule has 4 unspecified atom stereocenters. The van der Waals surface area contributed by atoms with E-state index in [9.17, 15) is 9.59 Å². The smallest absolute Gasteiger partial charge is 0.334 e. The van der Waals surface area contributed by atoms with E-state index in [4.69, 9.17) is 4.74 Å². The van der Waals surface area contributed by atoms with Crippen molar-refractivity contribution >= 4 is 11.8 Å². The topological polar surface area (TPSA) is 43.4 Å². The normalized spacial score (nSPS) is 41.7. The number of carbonyl (C=O) groups excluding carboxylic acids is 2. The Morgan fingerprint density at radius 1 is 1.17 bits per heavy atom. The Balaban J connectivity index is 1.75. The zero-order valence-corrected chi connectivity index (χ0v) is 14.6. The van der Waals surface area contributed by atoms with E-state index in [1.807, 2.05) is 6.92 Å². The molecule has 3 heteroatoms. The third-order valence-corrected chi connectivity index (χ3v) is 7.37. The molecule has 2 saturated carbocycles. The molecule has 2 fully saturated rings. The summed E-state index contributed by atoms with van der Waals surface area (Å²) in [6.07, 6.45) is 6.90. The first-order valence-corrected chi connectivity index (χ1v) is 8.90. The molecule has 3 aliphatic carbocycles. The minimum absolute atomic E-state index is 0.0624. The first kappa shape index (κ1) is 15.2. The molecule has 0 spiro atoms. The fourth-order valence-electron chi connectivity index (χ4n) is 5.94. The number of hydrogen-bond donors (Lipinski definition) is 0. The van der Waals surface area contributed by atoms with Crippen LogP contribution in [0.5, 0.6) is 0 Å². The van der Waals surface area contributed by atoms with Gasteiger partial charge in [0.25, 0.3) is 0 Å². The van der Waals surface area contributed by atoms with Crippen molar-refractivity contribution in [3.63, 3.8) is 0 Å². The summed E-state index contributed by atoms with van der Waals surface area (Å²) in [6.45, 7) is 8.53. The first-order chi connectivity index (χ1) is 10.7. The van der Waals surface area contributed by atoms with E-state index < -0.39 is 0 Å². The molecule has 4 rings (SSSR count). The average molecular weight is 314 g/mol. The Bertz CT molecular complexity index is 666. The van der Waals surface area contributed by atoms with Gasteiger partial charge in [0.15, 0.2) is 0 Å². The molecule has 4 aliphatic rings. The lowest BCUT2D eigenvalue weighted by Gasteiger charge is -2.58. The Morgan fingerprint density at radius 3 is 2.65 bits per heavy atom. The number of ether oxygens (including phenoxy) is 1. The summed E-state index contributed by atoms with van der Waals surface area (Å²) in [5.41, 5.74) is 3.30. The summed E-state index contributed by atoms with van der Waals surface area (Å²) in [5, 5.41) is 0. The van der Waals surface area contributed by atoms with Gasteiger partial charge in [0, 0.05) is 23.0 Å². The van der Waals surface area contributed by atoms with Crippen molar-refractivity contribution < 1.29 is 14.3 Å². The molecule has 0 aromatic rings. The lowest BCUT2D eigenvalue weighted by molar-refractivity contribution is -0.147. The molecule has 0 amide bonds. The van der Waals surface area contributed by atoms with Gasteiger partial charge in [-0.15, -0.1) is 0 Å². The largest absolute Gasteiger partial charge is 0.454 e. The molecule has 1 aliphatic heterocycles. The van der Waals surface area contributed by atoms with E-state index in [0.29, 0.717) is 24.0 Å². The maximum absolute atomic E-state index is 12.5. The lowest BCUT2D eigenvalue weighted by Crippen LogP contribution is -2.54. The van der Waals surface area contributed by atoms with Crippen LogP contribution in [-0.2, 0) is 14.3 Å². The minimum atomic E-state index is -0.225. The Kier molecular flexibility index (Phi) is 3.02. The second kappa shape index (κ2) is 4.58. The standard InChI is InChI=1S/C20H26O3/c1-11-13-9-12-5-6-16-19(2,3)17(21)7-8-20(16,4)14(12)10-15(13)23-18(11)22/h9,14-16H,5-8,10H2,1-4H3. The summed E-state index contributed by atoms with van der Waals surface area (Å²) < 4.78 is 5.60. The van der Waals surface area contributed by atoms with Crippen molar-refractivity contribution in [3.05, 3.63) is 22.8 Å². The molecule has 1 heterocycles. The van der Waals surface area contributed by atoms with Crippen LogP contribution in [0.15, 0.2) is 22.8 Å². The zero-order chi connectivity index (χ0) is 16.6. The van der Waals surface area contributed by atoms with Crippen molar-refractivity contribution in [2.45, 2.75) is 65.9 Å². The third-order valence-electron chi connectivity index (χ3n) is 7.37. The van der Waals surface area contributed by atoms with Gasteiger partial charge in [0.2, 0.25) is 0 Å². The number of esters is 1. The number of ketones is 1.